The molecule has 1 aromatic carbocycles. The fraction of sp³-hybridized carbons (Fsp3) is 0.769. The third kappa shape index (κ3) is 2.27. The van der Waals surface area contributed by atoms with Gasteiger partial charge >= 0.3 is 0 Å². The molecule has 4 aliphatic carbocycles. The standard InChI is InChI=1S/C26H38O2/c1-23(2)17-11-13-25(23,5)21(15-17)27-19-7-9-20(10-8-19)28-22-16-18-12-14-26(22,6)24(18,3)4/h7-10,17-18,21-22H,11-16H2,1-6H3/t17-,18+,21-,22-,25-,26+/m1/s1. The van der Waals surface area contributed by atoms with Crippen LogP contribution in [0.4, 0.5) is 0 Å². The second-order valence-electron chi connectivity index (χ2n) is 11.9. The molecule has 2 nitrogen and oxygen atoms in total. The van der Waals surface area contributed by atoms with Crippen LogP contribution in [0.2, 0.25) is 0 Å². The van der Waals surface area contributed by atoms with Gasteiger partial charge in [0.25, 0.3) is 0 Å². The van der Waals surface area contributed by atoms with E-state index in [1.807, 2.05) is 0 Å². The molecule has 0 spiro atoms. The molecule has 0 unspecified atom stereocenters. The first kappa shape index (κ1) is 18.8. The largest absolute Gasteiger partial charge is 0.490 e. The summed E-state index contributed by atoms with van der Waals surface area (Å²) >= 11 is 0. The Morgan fingerprint density at radius 1 is 0.643 bits per heavy atom. The van der Waals surface area contributed by atoms with Crippen LogP contribution in [-0.2, 0) is 0 Å². The fourth-order valence-electron chi connectivity index (χ4n) is 7.54. The lowest BCUT2D eigenvalue weighted by Gasteiger charge is -2.39. The number of hydrogen-bond acceptors (Lipinski definition) is 2. The van der Waals surface area contributed by atoms with E-state index in [9.17, 15) is 0 Å². The van der Waals surface area contributed by atoms with Crippen molar-refractivity contribution >= 4 is 0 Å². The summed E-state index contributed by atoms with van der Waals surface area (Å²) in [5.74, 6) is 3.63. The van der Waals surface area contributed by atoms with Crippen LogP contribution < -0.4 is 9.47 Å². The molecule has 4 saturated carbocycles. The lowest BCUT2D eigenvalue weighted by Crippen LogP contribution is -2.39. The van der Waals surface area contributed by atoms with E-state index in [1.54, 1.807) is 0 Å². The number of ether oxygens (including phenoxy) is 2. The van der Waals surface area contributed by atoms with Crippen molar-refractivity contribution in [3.05, 3.63) is 24.3 Å². The minimum atomic E-state index is 0.302. The van der Waals surface area contributed by atoms with Gasteiger partial charge in [-0.1, -0.05) is 41.5 Å². The van der Waals surface area contributed by atoms with Gasteiger partial charge in [-0.2, -0.15) is 0 Å². The lowest BCUT2D eigenvalue weighted by atomic mass is 9.70. The van der Waals surface area contributed by atoms with E-state index in [2.05, 4.69) is 65.8 Å². The highest BCUT2D eigenvalue weighted by Crippen LogP contribution is 2.67. The average Bonchev–Trinajstić information content (AvgIpc) is 3.15. The molecular weight excluding hydrogens is 344 g/mol. The Kier molecular flexibility index (Phi) is 3.83. The fourth-order valence-corrected chi connectivity index (χ4v) is 7.54. The smallest absolute Gasteiger partial charge is 0.120 e. The van der Waals surface area contributed by atoms with Crippen molar-refractivity contribution in [3.63, 3.8) is 0 Å². The molecule has 0 heterocycles. The Bertz CT molecular complexity index is 698. The molecule has 28 heavy (non-hydrogen) atoms. The predicted molar refractivity (Wildman–Crippen MR) is 114 cm³/mol. The highest BCUT2D eigenvalue weighted by molar-refractivity contribution is 5.32. The van der Waals surface area contributed by atoms with Crippen LogP contribution in [0.15, 0.2) is 24.3 Å². The molecule has 4 fully saturated rings. The minimum Gasteiger partial charge on any atom is -0.490 e. The van der Waals surface area contributed by atoms with E-state index in [1.165, 1.54) is 38.5 Å². The summed E-state index contributed by atoms with van der Waals surface area (Å²) in [6.45, 7) is 14.7. The van der Waals surface area contributed by atoms with Crippen LogP contribution in [0.5, 0.6) is 11.5 Å². The zero-order chi connectivity index (χ0) is 19.9. The third-order valence-corrected chi connectivity index (χ3v) is 10.8. The van der Waals surface area contributed by atoms with Gasteiger partial charge in [0.05, 0.1) is 0 Å². The molecule has 4 aliphatic rings. The van der Waals surface area contributed by atoms with Crippen LogP contribution >= 0.6 is 0 Å². The van der Waals surface area contributed by atoms with Gasteiger partial charge in [-0.25, -0.2) is 0 Å². The second-order valence-corrected chi connectivity index (χ2v) is 11.9. The van der Waals surface area contributed by atoms with Crippen molar-refractivity contribution in [2.24, 2.45) is 33.5 Å². The van der Waals surface area contributed by atoms with Gasteiger partial charge in [0.2, 0.25) is 0 Å². The van der Waals surface area contributed by atoms with E-state index in [0.717, 1.165) is 23.3 Å². The predicted octanol–water partition coefficient (Wildman–Crippen LogP) is 6.87. The molecule has 0 aliphatic heterocycles. The summed E-state index contributed by atoms with van der Waals surface area (Å²) in [4.78, 5) is 0. The SMILES string of the molecule is CC1(C)[C@H]2CC[C@@]1(C)[C@H](Oc1ccc(O[C@@H]3C[C@H]4CC[C@@]3(C)C4(C)C)cc1)C2. The summed E-state index contributed by atoms with van der Waals surface area (Å²) in [6.07, 6.45) is 8.44. The monoisotopic (exact) mass is 382 g/mol. The molecule has 6 atom stereocenters. The first-order chi connectivity index (χ1) is 13.1. The maximum Gasteiger partial charge on any atom is 0.120 e. The Labute approximate surface area is 171 Å². The molecule has 1 aromatic rings. The summed E-state index contributed by atoms with van der Waals surface area (Å²) in [6, 6.07) is 8.49. The summed E-state index contributed by atoms with van der Waals surface area (Å²) < 4.78 is 13.0. The first-order valence-corrected chi connectivity index (χ1v) is 11.5. The van der Waals surface area contributed by atoms with Crippen LogP contribution in [0.3, 0.4) is 0 Å². The Hall–Kier alpha value is -1.18. The molecule has 4 bridgehead atoms. The number of rotatable bonds is 4. The number of fused-ring (bicyclic) bond motifs is 4. The van der Waals surface area contributed by atoms with Crippen LogP contribution in [0.25, 0.3) is 0 Å². The summed E-state index contributed by atoms with van der Waals surface area (Å²) in [5, 5.41) is 0. The number of benzene rings is 1. The molecule has 2 heteroatoms. The van der Waals surface area contributed by atoms with Gasteiger partial charge in [-0.3, -0.25) is 0 Å². The minimum absolute atomic E-state index is 0.302. The van der Waals surface area contributed by atoms with Crippen molar-refractivity contribution < 1.29 is 9.47 Å². The molecule has 5 rings (SSSR count). The molecule has 0 N–H and O–H groups in total. The van der Waals surface area contributed by atoms with Crippen molar-refractivity contribution in [3.8, 4) is 11.5 Å². The van der Waals surface area contributed by atoms with E-state index >= 15 is 0 Å². The van der Waals surface area contributed by atoms with Crippen LogP contribution in [-0.4, -0.2) is 12.2 Å². The zero-order valence-electron chi connectivity index (χ0n) is 18.7. The van der Waals surface area contributed by atoms with Crippen molar-refractivity contribution in [1.82, 2.24) is 0 Å². The van der Waals surface area contributed by atoms with Crippen LogP contribution in [0.1, 0.15) is 80.1 Å². The Morgan fingerprint density at radius 3 is 1.25 bits per heavy atom. The molecule has 0 aromatic heterocycles. The maximum absolute atomic E-state index is 6.52. The highest BCUT2D eigenvalue weighted by atomic mass is 16.5. The maximum atomic E-state index is 6.52. The van der Waals surface area contributed by atoms with Gasteiger partial charge in [-0.05, 0) is 85.5 Å². The van der Waals surface area contributed by atoms with Crippen molar-refractivity contribution in [2.45, 2.75) is 92.3 Å². The summed E-state index contributed by atoms with van der Waals surface area (Å²) in [5.41, 5.74) is 1.39. The van der Waals surface area contributed by atoms with Gasteiger partial charge in [0.1, 0.15) is 23.7 Å². The molecule has 0 amide bonds. The third-order valence-electron chi connectivity index (χ3n) is 10.8. The Morgan fingerprint density at radius 2 is 1.00 bits per heavy atom. The Balaban J connectivity index is 1.27. The quantitative estimate of drug-likeness (QED) is 0.565. The zero-order valence-corrected chi connectivity index (χ0v) is 18.7. The van der Waals surface area contributed by atoms with E-state index < -0.39 is 0 Å². The van der Waals surface area contributed by atoms with Gasteiger partial charge in [0.15, 0.2) is 0 Å². The first-order valence-electron chi connectivity index (χ1n) is 11.5. The average molecular weight is 383 g/mol. The van der Waals surface area contributed by atoms with Gasteiger partial charge in [-0.15, -0.1) is 0 Å². The van der Waals surface area contributed by atoms with Gasteiger partial charge < -0.3 is 9.47 Å². The lowest BCUT2D eigenvalue weighted by molar-refractivity contribution is 0.0278. The second kappa shape index (κ2) is 5.70. The van der Waals surface area contributed by atoms with Gasteiger partial charge in [0, 0.05) is 10.8 Å². The summed E-state index contributed by atoms with van der Waals surface area (Å²) in [7, 11) is 0. The van der Waals surface area contributed by atoms with Crippen LogP contribution in [0, 0.1) is 33.5 Å². The topological polar surface area (TPSA) is 18.5 Å². The molecule has 0 radical (unpaired) electrons. The van der Waals surface area contributed by atoms with Crippen molar-refractivity contribution in [1.29, 1.82) is 0 Å². The van der Waals surface area contributed by atoms with Crippen molar-refractivity contribution in [2.75, 3.05) is 0 Å². The van der Waals surface area contributed by atoms with E-state index in [-0.39, 0.29) is 0 Å². The van der Waals surface area contributed by atoms with E-state index in [4.69, 9.17) is 9.47 Å². The molecular formula is C26H38O2. The highest BCUT2D eigenvalue weighted by Gasteiger charge is 2.63. The molecule has 154 valence electrons. The normalized spacial score (nSPS) is 44.8. The number of hydrogen-bond donors (Lipinski definition) is 0. The molecule has 0 saturated heterocycles. The van der Waals surface area contributed by atoms with E-state index in [0.29, 0.717) is 33.9 Å².